The first-order chi connectivity index (χ1) is 23.0. The summed E-state index contributed by atoms with van der Waals surface area (Å²) in [7, 11) is 0. The molecule has 0 aromatic carbocycles. The van der Waals surface area contributed by atoms with Crippen molar-refractivity contribution in [3.05, 3.63) is 24.3 Å². The molecule has 5 fully saturated rings. The summed E-state index contributed by atoms with van der Waals surface area (Å²) in [5, 5.41) is 23.7. The van der Waals surface area contributed by atoms with E-state index in [-0.39, 0.29) is 58.6 Å². The van der Waals surface area contributed by atoms with Crippen molar-refractivity contribution >= 4 is 23.9 Å². The van der Waals surface area contributed by atoms with Crippen molar-refractivity contribution in [3.63, 3.8) is 0 Å². The molecule has 9 heteroatoms. The van der Waals surface area contributed by atoms with Crippen molar-refractivity contribution in [2.24, 2.45) is 64.1 Å². The summed E-state index contributed by atoms with van der Waals surface area (Å²) in [6, 6.07) is 0. The molecular weight excluding hydrogens is 624 g/mol. The van der Waals surface area contributed by atoms with E-state index in [4.69, 9.17) is 9.47 Å². The van der Waals surface area contributed by atoms with Gasteiger partial charge in [-0.15, -0.1) is 0 Å². The van der Waals surface area contributed by atoms with Crippen LogP contribution in [0.15, 0.2) is 24.3 Å². The maximum absolute atomic E-state index is 13.1. The van der Waals surface area contributed by atoms with Crippen LogP contribution in [-0.4, -0.2) is 58.0 Å². The first-order valence-electron chi connectivity index (χ1n) is 18.9. The fraction of sp³-hybridized carbons (Fsp3) is 0.800. The smallest absolute Gasteiger partial charge is 0.338 e. The van der Waals surface area contributed by atoms with Crippen molar-refractivity contribution in [1.29, 1.82) is 0 Å². The number of hydrogen-bond donors (Lipinski definition) is 2. The monoisotopic (exact) mass is 682 g/mol. The maximum Gasteiger partial charge on any atom is 0.338 e. The fourth-order valence-corrected chi connectivity index (χ4v) is 11.8. The molecule has 0 aromatic rings. The minimum atomic E-state index is -0.579. The van der Waals surface area contributed by atoms with Crippen LogP contribution in [0.4, 0.5) is 0 Å². The van der Waals surface area contributed by atoms with E-state index >= 15 is 0 Å². The topological polar surface area (TPSA) is 136 Å². The predicted molar refractivity (Wildman–Crippen MR) is 181 cm³/mol. The minimum absolute atomic E-state index is 0.00340. The Kier molecular flexibility index (Phi) is 10.0. The zero-order chi connectivity index (χ0) is 35.5. The molecule has 7 rings (SSSR count). The van der Waals surface area contributed by atoms with E-state index in [0.29, 0.717) is 36.0 Å². The molecule has 9 nitrogen and oxygen atoms in total. The Morgan fingerprint density at radius 1 is 0.959 bits per heavy atom. The first kappa shape index (κ1) is 36.3. The van der Waals surface area contributed by atoms with Crippen molar-refractivity contribution in [1.82, 2.24) is 0 Å². The molecule has 1 aliphatic heterocycles. The average Bonchev–Trinajstić information content (AvgIpc) is 3.82. The van der Waals surface area contributed by atoms with Crippen LogP contribution in [0.1, 0.15) is 112 Å². The number of hydrogen-bond acceptors (Lipinski definition) is 9. The molecule has 0 amide bonds. The molecule has 0 spiro atoms. The second-order valence-corrected chi connectivity index (χ2v) is 18.0. The number of esters is 4. The molecular formula is C40H58O9. The second kappa shape index (κ2) is 13.6. The fourth-order valence-electron chi connectivity index (χ4n) is 11.8. The van der Waals surface area contributed by atoms with E-state index in [1.807, 2.05) is 20.8 Å². The van der Waals surface area contributed by atoms with Gasteiger partial charge in [-0.2, -0.15) is 0 Å². The number of rotatable bonds is 6. The van der Waals surface area contributed by atoms with Gasteiger partial charge in [0, 0.05) is 18.6 Å². The highest BCUT2D eigenvalue weighted by Crippen LogP contribution is 2.68. The van der Waals surface area contributed by atoms with E-state index in [0.717, 1.165) is 76.4 Å². The summed E-state index contributed by atoms with van der Waals surface area (Å²) in [4.78, 5) is 45.4. The number of carbonyl (C=O) groups is 4. The van der Waals surface area contributed by atoms with Gasteiger partial charge >= 0.3 is 23.9 Å². The third-order valence-corrected chi connectivity index (χ3v) is 14.1. The van der Waals surface area contributed by atoms with Gasteiger partial charge in [-0.05, 0) is 143 Å². The number of allylic oxidation sites excluding steroid dienone is 2. The molecule has 0 saturated heterocycles. The van der Waals surface area contributed by atoms with Crippen LogP contribution in [0.2, 0.25) is 0 Å². The first-order valence-corrected chi connectivity index (χ1v) is 18.9. The van der Waals surface area contributed by atoms with Crippen molar-refractivity contribution in [2.45, 2.75) is 136 Å². The minimum Gasteiger partial charge on any atom is -0.462 e. The quantitative estimate of drug-likeness (QED) is 0.148. The highest BCUT2D eigenvalue weighted by molar-refractivity contribution is 6.04. The second-order valence-electron chi connectivity index (χ2n) is 18.0. The van der Waals surface area contributed by atoms with Crippen molar-refractivity contribution < 1.29 is 43.6 Å². The van der Waals surface area contributed by atoms with E-state index in [1.54, 1.807) is 0 Å². The van der Waals surface area contributed by atoms with E-state index < -0.39 is 23.6 Å². The molecule has 7 aliphatic rings. The number of aliphatic hydroxyl groups is 2. The zero-order valence-electron chi connectivity index (χ0n) is 30.3. The number of aliphatic hydroxyl groups excluding tert-OH is 2. The molecule has 3 unspecified atom stereocenters. The number of fused-ring (bicyclic) bond motifs is 7. The summed E-state index contributed by atoms with van der Waals surface area (Å²) in [6.45, 7) is 12.6. The Hall–Kier alpha value is -2.52. The Morgan fingerprint density at radius 2 is 1.67 bits per heavy atom. The molecule has 272 valence electrons. The van der Waals surface area contributed by atoms with Gasteiger partial charge in [-0.25, -0.2) is 9.59 Å². The number of cyclic esters (lactones) is 2. The molecule has 1 heterocycles. The lowest BCUT2D eigenvalue weighted by Crippen LogP contribution is -2.62. The lowest BCUT2D eigenvalue weighted by Gasteiger charge is -2.63. The average molecular weight is 683 g/mol. The molecule has 2 bridgehead atoms. The third kappa shape index (κ3) is 7.04. The van der Waals surface area contributed by atoms with Gasteiger partial charge in [-0.1, -0.05) is 32.9 Å². The summed E-state index contributed by atoms with van der Waals surface area (Å²) >= 11 is 0. The predicted octanol–water partition coefficient (Wildman–Crippen LogP) is 6.09. The highest BCUT2D eigenvalue weighted by atomic mass is 16.6. The Balaban J connectivity index is 0.000000531. The SMILES string of the molecule is C[C@H](CCC(=O)OC(C)(C)C)[C@H]1CC[C@H]2[C@@H]3[C@H](O)C[C@@H]4C[C@H](OC(=O)C5CC6C=CC5C6)CC[C@]4(C)[C@H]3C[C@H](O)[C@]12C.O=C1C=CC(=O)O1. The van der Waals surface area contributed by atoms with Crippen LogP contribution in [0.3, 0.4) is 0 Å². The molecule has 0 aromatic heterocycles. The van der Waals surface area contributed by atoms with Gasteiger partial charge in [0.15, 0.2) is 0 Å². The molecule has 14 atom stereocenters. The summed E-state index contributed by atoms with van der Waals surface area (Å²) in [6.07, 6.45) is 15.3. The normalized spacial score (nSPS) is 43.9. The van der Waals surface area contributed by atoms with Gasteiger partial charge in [0.2, 0.25) is 0 Å². The number of carbonyl (C=O) groups excluding carboxylic acids is 4. The van der Waals surface area contributed by atoms with Crippen molar-refractivity contribution in [2.75, 3.05) is 0 Å². The molecule has 5 saturated carbocycles. The summed E-state index contributed by atoms with van der Waals surface area (Å²) in [5.41, 5.74) is -0.677. The summed E-state index contributed by atoms with van der Waals surface area (Å²) < 4.78 is 15.7. The van der Waals surface area contributed by atoms with E-state index in [2.05, 4.69) is 37.7 Å². The lowest BCUT2D eigenvalue weighted by molar-refractivity contribution is -0.210. The maximum atomic E-state index is 13.1. The number of ether oxygens (including phenoxy) is 3. The molecule has 6 aliphatic carbocycles. The Bertz CT molecular complexity index is 1350. The van der Waals surface area contributed by atoms with Gasteiger partial charge in [0.25, 0.3) is 0 Å². The van der Waals surface area contributed by atoms with Gasteiger partial charge < -0.3 is 24.4 Å². The largest absolute Gasteiger partial charge is 0.462 e. The van der Waals surface area contributed by atoms with Crippen LogP contribution in [0.5, 0.6) is 0 Å². The van der Waals surface area contributed by atoms with Gasteiger partial charge in [0.1, 0.15) is 11.7 Å². The third-order valence-electron chi connectivity index (χ3n) is 14.1. The van der Waals surface area contributed by atoms with Crippen LogP contribution < -0.4 is 0 Å². The molecule has 2 N–H and O–H groups in total. The molecule has 0 radical (unpaired) electrons. The Morgan fingerprint density at radius 3 is 2.27 bits per heavy atom. The van der Waals surface area contributed by atoms with Crippen LogP contribution >= 0.6 is 0 Å². The van der Waals surface area contributed by atoms with E-state index in [9.17, 15) is 29.4 Å². The lowest BCUT2D eigenvalue weighted by atomic mass is 9.43. The molecule has 49 heavy (non-hydrogen) atoms. The van der Waals surface area contributed by atoms with E-state index in [1.165, 1.54) is 0 Å². The summed E-state index contributed by atoms with van der Waals surface area (Å²) in [5.74, 6) is 1.35. The van der Waals surface area contributed by atoms with Gasteiger partial charge in [0.05, 0.1) is 18.1 Å². The zero-order valence-corrected chi connectivity index (χ0v) is 30.3. The Labute approximate surface area is 291 Å². The van der Waals surface area contributed by atoms with Crippen LogP contribution in [0.25, 0.3) is 0 Å². The van der Waals surface area contributed by atoms with Crippen molar-refractivity contribution in [3.8, 4) is 0 Å². The highest BCUT2D eigenvalue weighted by Gasteiger charge is 2.66. The van der Waals surface area contributed by atoms with Gasteiger partial charge in [-0.3, -0.25) is 9.59 Å². The standard InChI is InChI=1S/C36H56O6.C4H2O3/c1-20(7-12-31(39)42-34(2,3)4)26-10-11-27-32-28(19-30(38)36(26,27)6)35(5)14-13-24(17-23(35)18-29(32)37)41-33(40)25-16-21-8-9-22(25)15-21;5-3-1-2-4(6)7-3/h8-9,20-30,32,37-38H,7,10-19H2,1-6H3;1-2H/t20-,21?,22?,23+,24-,25?,26-,27+,28+,29-,30+,32+,35+,36-;/m1./s1. The van der Waals surface area contributed by atoms with Crippen LogP contribution in [0, 0.1) is 64.1 Å². The van der Waals surface area contributed by atoms with Crippen LogP contribution in [-0.2, 0) is 33.4 Å².